The van der Waals surface area contributed by atoms with E-state index in [1.54, 1.807) is 0 Å². The van der Waals surface area contributed by atoms with Crippen molar-refractivity contribution in [2.24, 2.45) is 0 Å². The number of rotatable bonds is 0. The van der Waals surface area contributed by atoms with E-state index in [1.807, 2.05) is 48.5 Å². The molecule has 8 aromatic rings. The highest BCUT2D eigenvalue weighted by Crippen LogP contribution is 2.49. The van der Waals surface area contributed by atoms with E-state index in [-0.39, 0.29) is 10.9 Å². The first-order valence-corrected chi connectivity index (χ1v) is 14.4. The molecule has 0 spiro atoms. The highest BCUT2D eigenvalue weighted by atomic mass is 79.9. The van der Waals surface area contributed by atoms with Crippen LogP contribution in [0.2, 0.25) is 0 Å². The Morgan fingerprint density at radius 3 is 1.94 bits per heavy atom. The van der Waals surface area contributed by atoms with Gasteiger partial charge in [0.05, 0.1) is 0 Å². The van der Waals surface area contributed by atoms with E-state index in [2.05, 4.69) is 75.9 Å². The molecule has 0 N–H and O–H groups in total. The number of fused-ring (bicyclic) bond motifs is 4. The minimum atomic E-state index is -0.0230. The lowest BCUT2D eigenvalue weighted by Gasteiger charge is -2.20. The number of hydrogen-bond acceptors (Lipinski definition) is 2. The van der Waals surface area contributed by atoms with E-state index in [0.717, 1.165) is 77.1 Å². The predicted molar refractivity (Wildman–Crippen MR) is 166 cm³/mol. The van der Waals surface area contributed by atoms with Crippen LogP contribution in [0.15, 0.2) is 88.1 Å². The fourth-order valence-electron chi connectivity index (χ4n) is 6.12. The molecule has 0 aliphatic heterocycles. The topological polar surface area (TPSA) is 34.1 Å². The molecule has 0 saturated heterocycles. The molecule has 0 atom stereocenters. The van der Waals surface area contributed by atoms with E-state index < -0.39 is 0 Å². The smallest absolute Gasteiger partial charge is 0.195 e. The van der Waals surface area contributed by atoms with Crippen molar-refractivity contribution in [3.8, 4) is 0 Å². The van der Waals surface area contributed by atoms with E-state index >= 15 is 0 Å². The largest absolute Gasteiger partial charge is 0.289 e. The Balaban J connectivity index is 1.80. The highest BCUT2D eigenvalue weighted by Gasteiger charge is 2.24. The summed E-state index contributed by atoms with van der Waals surface area (Å²) in [6, 6.07) is 20.1. The van der Waals surface area contributed by atoms with Crippen molar-refractivity contribution in [1.29, 1.82) is 0 Å². The molecule has 6 heteroatoms. The molecule has 0 radical (unpaired) electrons. The van der Waals surface area contributed by atoms with Crippen LogP contribution >= 0.6 is 63.7 Å². The maximum absolute atomic E-state index is 13.9. The van der Waals surface area contributed by atoms with Gasteiger partial charge in [0.25, 0.3) is 0 Å². The molecule has 2 nitrogen and oxygen atoms in total. The predicted octanol–water partition coefficient (Wildman–Crippen LogP) is 9.84. The molecule has 0 bridgehead atoms. The quantitative estimate of drug-likeness (QED) is 0.0888. The molecule has 0 heterocycles. The second kappa shape index (κ2) is 7.13. The van der Waals surface area contributed by atoms with Gasteiger partial charge in [-0.25, -0.2) is 0 Å². The zero-order valence-corrected chi connectivity index (χ0v) is 24.4. The van der Waals surface area contributed by atoms with Crippen LogP contribution in [0.5, 0.6) is 0 Å². The van der Waals surface area contributed by atoms with Crippen LogP contribution in [-0.4, -0.2) is 0 Å². The fraction of sp³-hybridized carbons (Fsp3) is 0. The lowest BCUT2D eigenvalue weighted by atomic mass is 9.84. The molecule has 0 aliphatic carbocycles. The summed E-state index contributed by atoms with van der Waals surface area (Å²) in [4.78, 5) is 27.5. The molecule has 36 heavy (non-hydrogen) atoms. The molecule has 0 amide bonds. The Morgan fingerprint density at radius 1 is 0.417 bits per heavy atom. The average molecular weight is 722 g/mol. The minimum Gasteiger partial charge on any atom is -0.289 e. The number of hydrogen-bond donors (Lipinski definition) is 0. The van der Waals surface area contributed by atoms with Crippen LogP contribution in [-0.2, 0) is 0 Å². The average Bonchev–Trinajstić information content (AvgIpc) is 2.88. The van der Waals surface area contributed by atoms with Crippen molar-refractivity contribution >= 4 is 139 Å². The van der Waals surface area contributed by atoms with Gasteiger partial charge in [-0.2, -0.15) is 0 Å². The van der Waals surface area contributed by atoms with E-state index in [1.165, 1.54) is 0 Å². The zero-order chi connectivity index (χ0) is 24.6. The number of halogens is 4. The lowest BCUT2D eigenvalue weighted by molar-refractivity contribution is 1.60. The Morgan fingerprint density at radius 2 is 1.14 bits per heavy atom. The summed E-state index contributed by atoms with van der Waals surface area (Å²) in [7, 11) is 0. The first-order valence-electron chi connectivity index (χ1n) is 11.2. The number of benzene rings is 8. The summed E-state index contributed by atoms with van der Waals surface area (Å²) in [5.41, 5.74) is 0.0212. The maximum Gasteiger partial charge on any atom is 0.195 e. The molecular formula is C30H10Br4O2. The summed E-state index contributed by atoms with van der Waals surface area (Å²) < 4.78 is 3.29. The van der Waals surface area contributed by atoms with Crippen LogP contribution in [0.4, 0.5) is 0 Å². The van der Waals surface area contributed by atoms with Crippen molar-refractivity contribution < 1.29 is 0 Å². The molecule has 170 valence electrons. The SMILES string of the molecule is O=c1c2ccccc2c2cc3cc(Br)c4c(=O)c5cc(Br)c(Br)c(Br)c5c5cc6ccc1c2c6c3c45. The van der Waals surface area contributed by atoms with Gasteiger partial charge in [0, 0.05) is 55.6 Å². The molecule has 0 fully saturated rings. The van der Waals surface area contributed by atoms with Crippen LogP contribution in [0.3, 0.4) is 0 Å². The van der Waals surface area contributed by atoms with Gasteiger partial charge in [-0.3, -0.25) is 9.59 Å². The standard InChI is InChI=1S/C30H10Br4O2/c31-19-9-12-8-16-13-3-1-2-4-14(13)29(35)15-6-5-11-7-17-24-18(10-20(32)27(33)28(24)34)30(36)26(19)25(17)22(12)21(11)23(15)16/h1-10H. The Kier molecular flexibility index (Phi) is 4.30. The molecular weight excluding hydrogens is 712 g/mol. The van der Waals surface area contributed by atoms with Crippen molar-refractivity contribution in [1.82, 2.24) is 0 Å². The second-order valence-corrected chi connectivity index (χ2v) is 12.5. The Labute approximate surface area is 236 Å². The van der Waals surface area contributed by atoms with Gasteiger partial charge in [-0.05, 0) is 132 Å². The summed E-state index contributed by atoms with van der Waals surface area (Å²) >= 11 is 14.7. The third-order valence-corrected chi connectivity index (χ3v) is 11.5. The first-order chi connectivity index (χ1) is 17.4. The normalized spacial score (nSPS) is 12.7. The van der Waals surface area contributed by atoms with Gasteiger partial charge in [-0.15, -0.1) is 0 Å². The maximum atomic E-state index is 13.9. The van der Waals surface area contributed by atoms with Gasteiger partial charge < -0.3 is 0 Å². The summed E-state index contributed by atoms with van der Waals surface area (Å²) in [6.07, 6.45) is 0. The van der Waals surface area contributed by atoms with Gasteiger partial charge in [-0.1, -0.05) is 30.3 Å². The van der Waals surface area contributed by atoms with Gasteiger partial charge >= 0.3 is 0 Å². The van der Waals surface area contributed by atoms with Crippen molar-refractivity contribution in [3.63, 3.8) is 0 Å². The van der Waals surface area contributed by atoms with E-state index in [9.17, 15) is 9.59 Å². The van der Waals surface area contributed by atoms with Crippen LogP contribution in [0.25, 0.3) is 75.4 Å². The first kappa shape index (κ1) is 21.7. The van der Waals surface area contributed by atoms with Crippen molar-refractivity contribution in [3.05, 3.63) is 99.0 Å². The summed E-state index contributed by atoms with van der Waals surface area (Å²) in [6.45, 7) is 0. The molecule has 0 saturated carbocycles. The monoisotopic (exact) mass is 718 g/mol. The van der Waals surface area contributed by atoms with Crippen LogP contribution in [0, 0.1) is 0 Å². The van der Waals surface area contributed by atoms with E-state index in [0.29, 0.717) is 16.2 Å². The lowest BCUT2D eigenvalue weighted by Crippen LogP contribution is -2.07. The molecule has 8 aromatic carbocycles. The van der Waals surface area contributed by atoms with Crippen molar-refractivity contribution in [2.45, 2.75) is 0 Å². The van der Waals surface area contributed by atoms with E-state index in [4.69, 9.17) is 0 Å². The third kappa shape index (κ3) is 2.47. The molecule has 0 aromatic heterocycles. The Hall–Kier alpha value is -2.38. The molecule has 0 aliphatic rings. The van der Waals surface area contributed by atoms with Crippen LogP contribution < -0.4 is 10.9 Å². The highest BCUT2D eigenvalue weighted by molar-refractivity contribution is 9.14. The minimum absolute atomic E-state index is 0.0230. The van der Waals surface area contributed by atoms with Crippen LogP contribution in [0.1, 0.15) is 0 Å². The second-order valence-electron chi connectivity index (χ2n) is 9.25. The van der Waals surface area contributed by atoms with Gasteiger partial charge in [0.2, 0.25) is 0 Å². The summed E-state index contributed by atoms with van der Waals surface area (Å²) in [5.74, 6) is 0. The van der Waals surface area contributed by atoms with Gasteiger partial charge in [0.1, 0.15) is 0 Å². The van der Waals surface area contributed by atoms with Gasteiger partial charge in [0.15, 0.2) is 10.9 Å². The third-order valence-electron chi connectivity index (χ3n) is 7.55. The fourth-order valence-corrected chi connectivity index (χ4v) is 8.39. The van der Waals surface area contributed by atoms with Crippen molar-refractivity contribution in [2.75, 3.05) is 0 Å². The molecule has 8 rings (SSSR count). The zero-order valence-electron chi connectivity index (χ0n) is 18.1. The summed E-state index contributed by atoms with van der Waals surface area (Å²) in [5, 5.41) is 12.7. The molecule has 0 unspecified atom stereocenters. The Bertz CT molecular complexity index is 2400.